The molecule has 0 bridgehead atoms. The van der Waals surface area contributed by atoms with Gasteiger partial charge in [-0.2, -0.15) is 0 Å². The second kappa shape index (κ2) is 13.2. The van der Waals surface area contributed by atoms with Crippen molar-refractivity contribution in [1.29, 1.82) is 0 Å². The molecule has 5 rings (SSSR count). The van der Waals surface area contributed by atoms with E-state index in [0.29, 0.717) is 42.9 Å². The van der Waals surface area contributed by atoms with Gasteiger partial charge in [0.05, 0.1) is 0 Å². The monoisotopic (exact) mass is 569 g/mol. The molecule has 9 nitrogen and oxygen atoms in total. The van der Waals surface area contributed by atoms with E-state index in [-0.39, 0.29) is 17.7 Å². The predicted octanol–water partition coefficient (Wildman–Crippen LogP) is 3.94. The van der Waals surface area contributed by atoms with Crippen LogP contribution in [0.3, 0.4) is 0 Å². The van der Waals surface area contributed by atoms with Gasteiger partial charge in [0.1, 0.15) is 23.1 Å². The van der Waals surface area contributed by atoms with Crippen molar-refractivity contribution >= 4 is 17.7 Å². The molecule has 3 amide bonds. The number of nitrogens with zero attached hydrogens (tertiary/aromatic N) is 3. The summed E-state index contributed by atoms with van der Waals surface area (Å²) in [6.45, 7) is 4.92. The van der Waals surface area contributed by atoms with Gasteiger partial charge in [-0.25, -0.2) is 0 Å². The lowest BCUT2D eigenvalue weighted by atomic mass is 9.81. The van der Waals surface area contributed by atoms with E-state index in [9.17, 15) is 14.4 Å². The van der Waals surface area contributed by atoms with Gasteiger partial charge >= 0.3 is 0 Å². The third kappa shape index (κ3) is 6.46. The van der Waals surface area contributed by atoms with Gasteiger partial charge in [0.2, 0.25) is 11.8 Å². The third-order valence-corrected chi connectivity index (χ3v) is 8.30. The zero-order valence-corrected chi connectivity index (χ0v) is 24.3. The van der Waals surface area contributed by atoms with Crippen LogP contribution in [-0.4, -0.2) is 70.8 Å². The first kappa shape index (κ1) is 29.3. The number of piperidine rings is 1. The van der Waals surface area contributed by atoms with Crippen LogP contribution in [0.1, 0.15) is 54.1 Å². The number of ether oxygens (including phenoxy) is 1. The summed E-state index contributed by atoms with van der Waals surface area (Å²) in [6.07, 6.45) is 6.97. The Morgan fingerprint density at radius 2 is 1.71 bits per heavy atom. The molecule has 2 saturated heterocycles. The zero-order chi connectivity index (χ0) is 29.5. The second-order valence-corrected chi connectivity index (χ2v) is 11.1. The van der Waals surface area contributed by atoms with Crippen molar-refractivity contribution in [1.82, 2.24) is 25.4 Å². The first-order valence-corrected chi connectivity index (χ1v) is 14.7. The summed E-state index contributed by atoms with van der Waals surface area (Å²) in [7, 11) is 1.60. The van der Waals surface area contributed by atoms with Crippen molar-refractivity contribution in [2.45, 2.75) is 57.2 Å². The normalized spacial score (nSPS) is 18.5. The Morgan fingerprint density at radius 1 is 1.02 bits per heavy atom. The number of carbonyl (C=O) groups is 3. The van der Waals surface area contributed by atoms with Gasteiger partial charge in [0.15, 0.2) is 0 Å². The van der Waals surface area contributed by atoms with Gasteiger partial charge in [-0.15, -0.1) is 0 Å². The molecule has 1 aromatic heterocycles. The molecule has 0 unspecified atom stereocenters. The van der Waals surface area contributed by atoms with E-state index >= 15 is 0 Å². The highest BCUT2D eigenvalue weighted by Crippen LogP contribution is 2.34. The molecule has 2 N–H and O–H groups in total. The van der Waals surface area contributed by atoms with Crippen LogP contribution in [0.2, 0.25) is 0 Å². The van der Waals surface area contributed by atoms with E-state index in [4.69, 9.17) is 4.74 Å². The zero-order valence-electron chi connectivity index (χ0n) is 24.3. The van der Waals surface area contributed by atoms with Gasteiger partial charge in [-0.05, 0) is 72.9 Å². The van der Waals surface area contributed by atoms with Gasteiger partial charge in [-0.1, -0.05) is 31.5 Å². The number of nitrogens with one attached hydrogen (secondary N) is 2. The number of amides is 3. The molecule has 0 aliphatic carbocycles. The average Bonchev–Trinajstić information content (AvgIpc) is 3.02. The summed E-state index contributed by atoms with van der Waals surface area (Å²) in [5.41, 5.74) is 1.88. The van der Waals surface area contributed by atoms with Crippen molar-refractivity contribution in [3.8, 4) is 11.5 Å². The maximum atomic E-state index is 13.7. The molecule has 2 aliphatic heterocycles. The maximum absolute atomic E-state index is 13.7. The van der Waals surface area contributed by atoms with Gasteiger partial charge < -0.3 is 20.3 Å². The molecular formula is C33H39N5O4. The smallest absolute Gasteiger partial charge is 0.251 e. The van der Waals surface area contributed by atoms with Crippen LogP contribution in [0, 0.1) is 0 Å². The van der Waals surface area contributed by atoms with Crippen molar-refractivity contribution in [3.63, 3.8) is 0 Å². The number of pyridine rings is 1. The summed E-state index contributed by atoms with van der Waals surface area (Å²) >= 11 is 0. The van der Waals surface area contributed by atoms with E-state index < -0.39 is 11.6 Å². The number of aromatic nitrogens is 1. The summed E-state index contributed by atoms with van der Waals surface area (Å²) in [4.78, 5) is 47.5. The minimum atomic E-state index is -0.792. The van der Waals surface area contributed by atoms with E-state index in [1.165, 1.54) is 0 Å². The molecular weight excluding hydrogens is 530 g/mol. The maximum Gasteiger partial charge on any atom is 0.251 e. The van der Waals surface area contributed by atoms with Crippen LogP contribution in [0.4, 0.5) is 0 Å². The van der Waals surface area contributed by atoms with E-state index in [1.807, 2.05) is 41.3 Å². The van der Waals surface area contributed by atoms with Gasteiger partial charge in [-0.3, -0.25) is 24.3 Å². The highest BCUT2D eigenvalue weighted by atomic mass is 16.5. The van der Waals surface area contributed by atoms with Crippen LogP contribution in [-0.2, 0) is 22.6 Å². The van der Waals surface area contributed by atoms with Gasteiger partial charge in [0.25, 0.3) is 5.91 Å². The summed E-state index contributed by atoms with van der Waals surface area (Å²) in [5.74, 6) is 1.22. The lowest BCUT2D eigenvalue weighted by Gasteiger charge is -2.51. The SMILES string of the molecule is CCCCN1C(=O)[C@H](Cc2cccnc2)NC(=O)C12CCN(Cc1ccc(Oc3ccc(C(=O)NC)cc3)cc1)CC2. The fraction of sp³-hybridized carbons (Fsp3) is 0.394. The number of hydrogen-bond acceptors (Lipinski definition) is 6. The number of unbranched alkanes of at least 4 members (excludes halogenated alkanes) is 1. The molecule has 0 radical (unpaired) electrons. The Hall–Kier alpha value is -4.24. The highest BCUT2D eigenvalue weighted by molar-refractivity contribution is 6.00. The number of likely N-dealkylation sites (tertiary alicyclic amines) is 1. The molecule has 0 saturated carbocycles. The number of carbonyl (C=O) groups excluding carboxylic acids is 3. The number of piperazine rings is 1. The van der Waals surface area contributed by atoms with Crippen molar-refractivity contribution in [2.24, 2.45) is 0 Å². The highest BCUT2D eigenvalue weighted by Gasteiger charge is 2.53. The summed E-state index contributed by atoms with van der Waals surface area (Å²) in [6, 6.07) is 18.2. The second-order valence-electron chi connectivity index (χ2n) is 11.1. The molecule has 2 aliphatic rings. The summed E-state index contributed by atoms with van der Waals surface area (Å²) in [5, 5.41) is 5.68. The number of rotatable bonds is 10. The van der Waals surface area contributed by atoms with Crippen LogP contribution in [0.15, 0.2) is 73.1 Å². The van der Waals surface area contributed by atoms with Crippen molar-refractivity contribution < 1.29 is 19.1 Å². The molecule has 3 aromatic rings. The fourth-order valence-corrected chi connectivity index (χ4v) is 5.86. The van der Waals surface area contributed by atoms with Crippen LogP contribution < -0.4 is 15.4 Å². The largest absolute Gasteiger partial charge is 0.457 e. The Bertz CT molecular complexity index is 1370. The lowest BCUT2D eigenvalue weighted by Crippen LogP contribution is -2.73. The Balaban J connectivity index is 1.19. The number of benzene rings is 2. The molecule has 2 fully saturated rings. The molecule has 1 atom stereocenters. The van der Waals surface area contributed by atoms with Crippen LogP contribution in [0.25, 0.3) is 0 Å². The van der Waals surface area contributed by atoms with E-state index in [2.05, 4.69) is 27.4 Å². The summed E-state index contributed by atoms with van der Waals surface area (Å²) < 4.78 is 5.95. The molecule has 220 valence electrons. The minimum absolute atomic E-state index is 0.0132. The topological polar surface area (TPSA) is 104 Å². The predicted molar refractivity (Wildman–Crippen MR) is 160 cm³/mol. The number of hydrogen-bond donors (Lipinski definition) is 2. The molecule has 42 heavy (non-hydrogen) atoms. The van der Waals surface area contributed by atoms with Crippen LogP contribution >= 0.6 is 0 Å². The van der Waals surface area contributed by atoms with Gasteiger partial charge in [0, 0.05) is 57.6 Å². The molecule has 1 spiro atoms. The fourth-order valence-electron chi connectivity index (χ4n) is 5.86. The van der Waals surface area contributed by atoms with E-state index in [1.54, 1.807) is 43.7 Å². The molecule has 9 heteroatoms. The Morgan fingerprint density at radius 3 is 2.33 bits per heavy atom. The van der Waals surface area contributed by atoms with Crippen molar-refractivity contribution in [3.05, 3.63) is 89.7 Å². The Kier molecular flexibility index (Phi) is 9.17. The first-order chi connectivity index (χ1) is 20.4. The third-order valence-electron chi connectivity index (χ3n) is 8.30. The van der Waals surface area contributed by atoms with Crippen LogP contribution in [0.5, 0.6) is 11.5 Å². The first-order valence-electron chi connectivity index (χ1n) is 14.7. The average molecular weight is 570 g/mol. The van der Waals surface area contributed by atoms with Crippen molar-refractivity contribution in [2.75, 3.05) is 26.7 Å². The van der Waals surface area contributed by atoms with E-state index in [0.717, 1.165) is 43.6 Å². The standard InChI is InChI=1S/C33H39N5O4/c1-3-4-18-38-31(40)29(21-25-6-5-17-35-22-25)36-32(41)33(38)15-19-37(20-16-33)23-24-7-11-27(12-8-24)42-28-13-9-26(10-14-28)30(39)34-2/h5-14,17,22,29H,3-4,15-16,18-21,23H2,1-2H3,(H,34,39)(H,36,41)/t29-/m0/s1. The Labute approximate surface area is 247 Å². The minimum Gasteiger partial charge on any atom is -0.457 e. The lowest BCUT2D eigenvalue weighted by molar-refractivity contribution is -0.161. The quantitative estimate of drug-likeness (QED) is 0.384. The molecule has 3 heterocycles. The molecule has 2 aromatic carbocycles.